The Morgan fingerprint density at radius 3 is 2.73 bits per heavy atom. The molecule has 1 N–H and O–H groups in total. The van der Waals surface area contributed by atoms with Crippen molar-refractivity contribution < 1.29 is 9.21 Å². The Kier molecular flexibility index (Phi) is 4.84. The number of anilines is 2. The highest BCUT2D eigenvalue weighted by molar-refractivity contribution is 14.1. The van der Waals surface area contributed by atoms with Gasteiger partial charge in [0.2, 0.25) is 5.91 Å². The molecule has 2 aromatic carbocycles. The Hall–Kier alpha value is -2.09. The molecule has 0 aliphatic carbocycles. The average molecular weight is 461 g/mol. The molecular weight excluding hydrogens is 441 g/mol. The number of nitrogens with zero attached hydrogens (tertiary/aromatic N) is 2. The van der Waals surface area contributed by atoms with Crippen LogP contribution in [0.3, 0.4) is 0 Å². The standard InChI is InChI=1S/C20H20IN3O2/c1-13-6-7-15(12-16(13)21)22-19(25)14-8-10-24(11-9-14)20-23-17-4-2-3-5-18(17)26-20/h2-7,12,14H,8-11H2,1H3,(H,22,25). The lowest BCUT2D eigenvalue weighted by Gasteiger charge is -2.30. The minimum Gasteiger partial charge on any atom is -0.423 e. The van der Waals surface area contributed by atoms with Crippen molar-refractivity contribution in [2.24, 2.45) is 5.92 Å². The molecule has 1 saturated heterocycles. The summed E-state index contributed by atoms with van der Waals surface area (Å²) in [5, 5.41) is 3.05. The molecule has 1 fully saturated rings. The third-order valence-electron chi connectivity index (χ3n) is 4.86. The Morgan fingerprint density at radius 2 is 2.00 bits per heavy atom. The van der Waals surface area contributed by atoms with Crippen LogP contribution in [0.5, 0.6) is 0 Å². The van der Waals surface area contributed by atoms with Crippen molar-refractivity contribution in [3.05, 3.63) is 51.6 Å². The largest absolute Gasteiger partial charge is 0.423 e. The zero-order chi connectivity index (χ0) is 18.1. The zero-order valence-electron chi connectivity index (χ0n) is 14.5. The van der Waals surface area contributed by atoms with Crippen molar-refractivity contribution in [3.8, 4) is 0 Å². The number of benzene rings is 2. The highest BCUT2D eigenvalue weighted by Crippen LogP contribution is 2.27. The van der Waals surface area contributed by atoms with Crippen LogP contribution in [-0.4, -0.2) is 24.0 Å². The molecule has 0 atom stereocenters. The first-order valence-electron chi connectivity index (χ1n) is 8.78. The quantitative estimate of drug-likeness (QED) is 0.580. The van der Waals surface area contributed by atoms with E-state index < -0.39 is 0 Å². The number of para-hydroxylation sites is 2. The molecule has 0 radical (unpaired) electrons. The van der Waals surface area contributed by atoms with Gasteiger partial charge in [-0.15, -0.1) is 0 Å². The Bertz CT molecular complexity index is 912. The number of carbonyl (C=O) groups is 1. The normalized spacial score (nSPS) is 15.4. The Morgan fingerprint density at radius 1 is 1.23 bits per heavy atom. The first kappa shape index (κ1) is 17.3. The van der Waals surface area contributed by atoms with Crippen molar-refractivity contribution in [3.63, 3.8) is 0 Å². The zero-order valence-corrected chi connectivity index (χ0v) is 16.7. The van der Waals surface area contributed by atoms with Gasteiger partial charge in [0.25, 0.3) is 6.01 Å². The van der Waals surface area contributed by atoms with Gasteiger partial charge in [-0.05, 0) is 72.2 Å². The summed E-state index contributed by atoms with van der Waals surface area (Å²) in [7, 11) is 0. The first-order chi connectivity index (χ1) is 12.6. The van der Waals surface area contributed by atoms with E-state index in [9.17, 15) is 4.79 Å². The minimum atomic E-state index is 0.0228. The lowest BCUT2D eigenvalue weighted by molar-refractivity contribution is -0.120. The lowest BCUT2D eigenvalue weighted by atomic mass is 9.96. The fourth-order valence-corrected chi connectivity index (χ4v) is 3.76. The van der Waals surface area contributed by atoms with Gasteiger partial charge in [-0.1, -0.05) is 18.2 Å². The van der Waals surface area contributed by atoms with Crippen LogP contribution in [0.4, 0.5) is 11.7 Å². The van der Waals surface area contributed by atoms with Crippen molar-refractivity contribution in [1.29, 1.82) is 0 Å². The van der Waals surface area contributed by atoms with Gasteiger partial charge in [-0.2, -0.15) is 4.98 Å². The predicted molar refractivity (Wildman–Crippen MR) is 111 cm³/mol. The number of amides is 1. The summed E-state index contributed by atoms with van der Waals surface area (Å²) in [4.78, 5) is 19.3. The van der Waals surface area contributed by atoms with E-state index in [1.807, 2.05) is 42.5 Å². The molecule has 26 heavy (non-hydrogen) atoms. The second-order valence-electron chi connectivity index (χ2n) is 6.68. The first-order valence-corrected chi connectivity index (χ1v) is 9.85. The van der Waals surface area contributed by atoms with Crippen LogP contribution < -0.4 is 10.2 Å². The number of hydrogen-bond acceptors (Lipinski definition) is 4. The molecule has 3 aromatic rings. The Labute approximate surface area is 165 Å². The molecule has 1 amide bonds. The molecule has 0 unspecified atom stereocenters. The van der Waals surface area contributed by atoms with Crippen LogP contribution in [-0.2, 0) is 4.79 Å². The number of hydrogen-bond donors (Lipinski definition) is 1. The summed E-state index contributed by atoms with van der Waals surface area (Å²) >= 11 is 2.29. The van der Waals surface area contributed by atoms with Crippen molar-refractivity contribution in [2.75, 3.05) is 23.3 Å². The smallest absolute Gasteiger partial charge is 0.298 e. The van der Waals surface area contributed by atoms with E-state index in [2.05, 4.69) is 44.7 Å². The molecule has 1 aliphatic heterocycles. The van der Waals surface area contributed by atoms with Gasteiger partial charge in [0.1, 0.15) is 5.52 Å². The monoisotopic (exact) mass is 461 g/mol. The van der Waals surface area contributed by atoms with Gasteiger partial charge in [0, 0.05) is 28.3 Å². The summed E-state index contributed by atoms with van der Waals surface area (Å²) in [6, 6.07) is 14.4. The number of fused-ring (bicyclic) bond motifs is 1. The van der Waals surface area contributed by atoms with Crippen molar-refractivity contribution in [1.82, 2.24) is 4.98 Å². The molecule has 134 valence electrons. The minimum absolute atomic E-state index is 0.0228. The number of aromatic nitrogens is 1. The predicted octanol–water partition coefficient (Wildman–Crippen LogP) is 4.60. The maximum Gasteiger partial charge on any atom is 0.298 e. The van der Waals surface area contributed by atoms with Crippen LogP contribution in [0.25, 0.3) is 11.1 Å². The van der Waals surface area contributed by atoms with Gasteiger partial charge in [-0.25, -0.2) is 0 Å². The maximum atomic E-state index is 12.6. The van der Waals surface area contributed by atoms with Crippen molar-refractivity contribution in [2.45, 2.75) is 19.8 Å². The van der Waals surface area contributed by atoms with E-state index in [1.54, 1.807) is 0 Å². The molecule has 4 rings (SSSR count). The molecule has 2 heterocycles. The van der Waals surface area contributed by atoms with Gasteiger partial charge >= 0.3 is 0 Å². The number of rotatable bonds is 3. The van der Waals surface area contributed by atoms with Crippen LogP contribution in [0.15, 0.2) is 46.9 Å². The van der Waals surface area contributed by atoms with E-state index in [1.165, 1.54) is 5.56 Å². The highest BCUT2D eigenvalue weighted by Gasteiger charge is 2.27. The third-order valence-corrected chi connectivity index (χ3v) is 6.02. The molecule has 0 bridgehead atoms. The fraction of sp³-hybridized carbons (Fsp3) is 0.300. The third kappa shape index (κ3) is 3.56. The van der Waals surface area contributed by atoms with E-state index in [4.69, 9.17) is 4.42 Å². The van der Waals surface area contributed by atoms with Gasteiger partial charge in [0.15, 0.2) is 5.58 Å². The SMILES string of the molecule is Cc1ccc(NC(=O)C2CCN(c3nc4ccccc4o3)CC2)cc1I. The molecule has 1 aromatic heterocycles. The fourth-order valence-electron chi connectivity index (χ4n) is 3.24. The number of halogens is 1. The van der Waals surface area contributed by atoms with E-state index in [0.29, 0.717) is 6.01 Å². The number of piperidine rings is 1. The second-order valence-corrected chi connectivity index (χ2v) is 7.84. The number of aryl methyl sites for hydroxylation is 1. The molecule has 1 aliphatic rings. The molecule has 0 spiro atoms. The maximum absolute atomic E-state index is 12.6. The summed E-state index contributed by atoms with van der Waals surface area (Å²) in [5.41, 5.74) is 3.76. The van der Waals surface area contributed by atoms with Gasteiger partial charge in [-0.3, -0.25) is 4.79 Å². The number of nitrogens with one attached hydrogen (secondary N) is 1. The summed E-state index contributed by atoms with van der Waals surface area (Å²) in [6.45, 7) is 3.61. The van der Waals surface area contributed by atoms with Gasteiger partial charge < -0.3 is 14.6 Å². The Balaban J connectivity index is 1.38. The van der Waals surface area contributed by atoms with E-state index in [0.717, 1.165) is 46.3 Å². The highest BCUT2D eigenvalue weighted by atomic mass is 127. The van der Waals surface area contributed by atoms with Crippen LogP contribution in [0.2, 0.25) is 0 Å². The summed E-state index contributed by atoms with van der Waals surface area (Å²) in [6.07, 6.45) is 1.60. The topological polar surface area (TPSA) is 58.4 Å². The van der Waals surface area contributed by atoms with Crippen molar-refractivity contribution >= 4 is 51.3 Å². The molecule has 0 saturated carbocycles. The molecule has 6 heteroatoms. The van der Waals surface area contributed by atoms with Crippen LogP contribution in [0.1, 0.15) is 18.4 Å². The van der Waals surface area contributed by atoms with E-state index >= 15 is 0 Å². The number of carbonyl (C=O) groups excluding carboxylic acids is 1. The van der Waals surface area contributed by atoms with Crippen LogP contribution >= 0.6 is 22.6 Å². The second kappa shape index (κ2) is 7.26. The van der Waals surface area contributed by atoms with E-state index in [-0.39, 0.29) is 11.8 Å². The number of oxazole rings is 1. The lowest BCUT2D eigenvalue weighted by Crippen LogP contribution is -2.38. The van der Waals surface area contributed by atoms with Gasteiger partial charge in [0.05, 0.1) is 0 Å². The van der Waals surface area contributed by atoms with Crippen LogP contribution in [0, 0.1) is 16.4 Å². The molecular formula is C20H20IN3O2. The summed E-state index contributed by atoms with van der Waals surface area (Å²) in [5.74, 6) is 0.122. The molecule has 5 nitrogen and oxygen atoms in total. The summed E-state index contributed by atoms with van der Waals surface area (Å²) < 4.78 is 7.00. The average Bonchev–Trinajstić information content (AvgIpc) is 3.09.